The number of hydrogen-bond acceptors (Lipinski definition) is 4. The number of nitrogens with one attached hydrogen (secondary N) is 2. The quantitative estimate of drug-likeness (QED) is 0.830. The van der Waals surface area contributed by atoms with Gasteiger partial charge in [0.1, 0.15) is 0 Å². The van der Waals surface area contributed by atoms with Crippen molar-refractivity contribution < 1.29 is 14.4 Å². The molecular weight excluding hydrogens is 338 g/mol. The standard InChI is InChI=1S/C18H21N3O3S/c1-12-6-4-7-13(2)17(12)20-15(22)11-21(3)16(23)10-19-18(24)14-8-5-9-25-14/h4-9H,10-11H2,1-3H3,(H,19,24)(H,20,22). The van der Waals surface area contributed by atoms with Gasteiger partial charge < -0.3 is 15.5 Å². The van der Waals surface area contributed by atoms with Crippen molar-refractivity contribution in [2.24, 2.45) is 0 Å². The molecule has 25 heavy (non-hydrogen) atoms. The van der Waals surface area contributed by atoms with Gasteiger partial charge in [-0.2, -0.15) is 0 Å². The molecule has 0 fully saturated rings. The number of anilines is 1. The van der Waals surface area contributed by atoms with E-state index in [1.165, 1.54) is 23.3 Å². The Balaban J connectivity index is 1.84. The number of benzene rings is 1. The van der Waals surface area contributed by atoms with E-state index < -0.39 is 0 Å². The normalized spacial score (nSPS) is 10.2. The van der Waals surface area contributed by atoms with Crippen molar-refractivity contribution in [1.29, 1.82) is 0 Å². The number of hydrogen-bond donors (Lipinski definition) is 2. The molecule has 132 valence electrons. The van der Waals surface area contributed by atoms with Gasteiger partial charge >= 0.3 is 0 Å². The van der Waals surface area contributed by atoms with Crippen LogP contribution in [-0.4, -0.2) is 42.8 Å². The summed E-state index contributed by atoms with van der Waals surface area (Å²) in [5.74, 6) is -0.906. The molecule has 1 aromatic carbocycles. The van der Waals surface area contributed by atoms with Crippen molar-refractivity contribution >= 4 is 34.7 Å². The Morgan fingerprint density at radius 2 is 1.76 bits per heavy atom. The molecule has 0 radical (unpaired) electrons. The molecule has 1 aromatic heterocycles. The van der Waals surface area contributed by atoms with Crippen LogP contribution in [-0.2, 0) is 9.59 Å². The summed E-state index contributed by atoms with van der Waals surface area (Å²) in [6, 6.07) is 9.21. The van der Waals surface area contributed by atoms with Crippen molar-refractivity contribution in [1.82, 2.24) is 10.2 Å². The molecule has 0 aliphatic heterocycles. The average molecular weight is 359 g/mol. The number of thiophene rings is 1. The highest BCUT2D eigenvalue weighted by Crippen LogP contribution is 2.19. The predicted octanol–water partition coefficient (Wildman–Crippen LogP) is 2.19. The van der Waals surface area contributed by atoms with Crippen LogP contribution in [0, 0.1) is 13.8 Å². The molecule has 1 heterocycles. The van der Waals surface area contributed by atoms with Gasteiger partial charge in [-0.3, -0.25) is 14.4 Å². The Hall–Kier alpha value is -2.67. The number of aryl methyl sites for hydroxylation is 2. The van der Waals surface area contributed by atoms with E-state index in [0.717, 1.165) is 16.8 Å². The fraction of sp³-hybridized carbons (Fsp3) is 0.278. The maximum Gasteiger partial charge on any atom is 0.261 e. The van der Waals surface area contributed by atoms with Crippen LogP contribution < -0.4 is 10.6 Å². The van der Waals surface area contributed by atoms with Crippen molar-refractivity contribution in [3.05, 3.63) is 51.7 Å². The SMILES string of the molecule is Cc1cccc(C)c1NC(=O)CN(C)C(=O)CNC(=O)c1cccs1. The number of rotatable bonds is 6. The largest absolute Gasteiger partial charge is 0.342 e. The zero-order valence-electron chi connectivity index (χ0n) is 14.5. The third-order valence-electron chi connectivity index (χ3n) is 3.70. The van der Waals surface area contributed by atoms with E-state index in [2.05, 4.69) is 10.6 Å². The molecule has 0 saturated carbocycles. The first kappa shape index (κ1) is 18.7. The van der Waals surface area contributed by atoms with E-state index in [-0.39, 0.29) is 30.8 Å². The maximum atomic E-state index is 12.2. The first-order chi connectivity index (χ1) is 11.9. The van der Waals surface area contributed by atoms with Crippen LogP contribution in [0.4, 0.5) is 5.69 Å². The van der Waals surface area contributed by atoms with Crippen molar-refractivity contribution in [3.8, 4) is 0 Å². The summed E-state index contributed by atoms with van der Waals surface area (Å²) in [7, 11) is 1.53. The summed E-state index contributed by atoms with van der Waals surface area (Å²) in [6.07, 6.45) is 0. The zero-order chi connectivity index (χ0) is 18.4. The molecule has 0 saturated heterocycles. The first-order valence-electron chi connectivity index (χ1n) is 7.80. The first-order valence-corrected chi connectivity index (χ1v) is 8.68. The fourth-order valence-corrected chi connectivity index (χ4v) is 2.92. The van der Waals surface area contributed by atoms with E-state index in [1.807, 2.05) is 32.0 Å². The highest BCUT2D eigenvalue weighted by molar-refractivity contribution is 7.12. The minimum atomic E-state index is -0.332. The van der Waals surface area contributed by atoms with Gasteiger partial charge in [-0.25, -0.2) is 0 Å². The lowest BCUT2D eigenvalue weighted by Crippen LogP contribution is -2.41. The molecule has 2 aromatic rings. The second-order valence-electron chi connectivity index (χ2n) is 5.72. The number of amides is 3. The van der Waals surface area contributed by atoms with Crippen molar-refractivity contribution in [3.63, 3.8) is 0 Å². The number of para-hydroxylation sites is 1. The van der Waals surface area contributed by atoms with E-state index in [4.69, 9.17) is 0 Å². The second-order valence-corrected chi connectivity index (χ2v) is 6.67. The molecule has 0 aliphatic carbocycles. The average Bonchev–Trinajstić information content (AvgIpc) is 3.10. The van der Waals surface area contributed by atoms with Crippen molar-refractivity contribution in [2.75, 3.05) is 25.5 Å². The molecule has 0 atom stereocenters. The lowest BCUT2D eigenvalue weighted by Gasteiger charge is -2.18. The summed E-state index contributed by atoms with van der Waals surface area (Å²) in [6.45, 7) is 3.60. The van der Waals surface area contributed by atoms with Gasteiger partial charge in [-0.15, -0.1) is 11.3 Å². The third-order valence-corrected chi connectivity index (χ3v) is 4.57. The van der Waals surface area contributed by atoms with E-state index in [9.17, 15) is 14.4 Å². The number of carbonyl (C=O) groups is 3. The Morgan fingerprint density at radius 3 is 2.36 bits per heavy atom. The highest BCUT2D eigenvalue weighted by atomic mass is 32.1. The molecule has 0 aliphatic rings. The molecule has 2 rings (SSSR count). The van der Waals surface area contributed by atoms with Gasteiger partial charge in [0.2, 0.25) is 11.8 Å². The van der Waals surface area contributed by atoms with Crippen LogP contribution >= 0.6 is 11.3 Å². The summed E-state index contributed by atoms with van der Waals surface area (Å²) in [4.78, 5) is 37.9. The number of carbonyl (C=O) groups excluding carboxylic acids is 3. The summed E-state index contributed by atoms with van der Waals surface area (Å²) in [5, 5.41) is 7.18. The van der Waals surface area contributed by atoms with Crippen LogP contribution in [0.25, 0.3) is 0 Å². The lowest BCUT2D eigenvalue weighted by molar-refractivity contribution is -0.132. The molecule has 0 bridgehead atoms. The molecule has 2 N–H and O–H groups in total. The molecule has 7 heteroatoms. The van der Waals surface area contributed by atoms with E-state index >= 15 is 0 Å². The van der Waals surface area contributed by atoms with Crippen LogP contribution in [0.3, 0.4) is 0 Å². The molecule has 0 spiro atoms. The van der Waals surface area contributed by atoms with Gasteiger partial charge in [0.05, 0.1) is 18.0 Å². The molecular formula is C18H21N3O3S. The van der Waals surface area contributed by atoms with E-state index in [1.54, 1.807) is 17.5 Å². The number of nitrogens with zero attached hydrogens (tertiary/aromatic N) is 1. The van der Waals surface area contributed by atoms with Gasteiger partial charge in [-0.1, -0.05) is 24.3 Å². The predicted molar refractivity (Wildman–Crippen MR) is 98.8 cm³/mol. The van der Waals surface area contributed by atoms with Crippen molar-refractivity contribution in [2.45, 2.75) is 13.8 Å². The van der Waals surface area contributed by atoms with Crippen LogP contribution in [0.5, 0.6) is 0 Å². The molecule has 6 nitrogen and oxygen atoms in total. The van der Waals surface area contributed by atoms with Gasteiger partial charge in [0.25, 0.3) is 5.91 Å². The summed E-state index contributed by atoms with van der Waals surface area (Å²) in [5.41, 5.74) is 2.69. The van der Waals surface area contributed by atoms with Gasteiger partial charge in [-0.05, 0) is 36.4 Å². The zero-order valence-corrected chi connectivity index (χ0v) is 15.3. The minimum Gasteiger partial charge on any atom is -0.342 e. The van der Waals surface area contributed by atoms with Crippen LogP contribution in [0.15, 0.2) is 35.7 Å². The molecule has 0 unspecified atom stereocenters. The van der Waals surface area contributed by atoms with Gasteiger partial charge in [0, 0.05) is 12.7 Å². The Bertz CT molecular complexity index is 752. The minimum absolute atomic E-state index is 0.0819. The fourth-order valence-electron chi connectivity index (χ4n) is 2.28. The Morgan fingerprint density at radius 1 is 1.08 bits per heavy atom. The summed E-state index contributed by atoms with van der Waals surface area (Å²) < 4.78 is 0. The van der Waals surface area contributed by atoms with Crippen LogP contribution in [0.2, 0.25) is 0 Å². The lowest BCUT2D eigenvalue weighted by atomic mass is 10.1. The third kappa shape index (κ3) is 5.15. The van der Waals surface area contributed by atoms with E-state index in [0.29, 0.717) is 4.88 Å². The smallest absolute Gasteiger partial charge is 0.261 e. The maximum absolute atomic E-state index is 12.2. The number of likely N-dealkylation sites (N-methyl/N-ethyl adjacent to an activating group) is 1. The second kappa shape index (κ2) is 8.43. The Labute approximate surface area is 150 Å². The topological polar surface area (TPSA) is 78.5 Å². The van der Waals surface area contributed by atoms with Crippen LogP contribution in [0.1, 0.15) is 20.8 Å². The van der Waals surface area contributed by atoms with Gasteiger partial charge in [0.15, 0.2) is 0 Å². The highest BCUT2D eigenvalue weighted by Gasteiger charge is 2.16. The monoisotopic (exact) mass is 359 g/mol. The Kier molecular flexibility index (Phi) is 6.30. The summed E-state index contributed by atoms with van der Waals surface area (Å²) >= 11 is 1.30. The molecule has 3 amide bonds.